The summed E-state index contributed by atoms with van der Waals surface area (Å²) in [6.07, 6.45) is -13.1. The summed E-state index contributed by atoms with van der Waals surface area (Å²) in [4.78, 5) is 26.8. The Morgan fingerprint density at radius 3 is 2.08 bits per heavy atom. The van der Waals surface area contributed by atoms with E-state index >= 15 is 0 Å². The molecule has 0 N–H and O–H groups in total. The molecule has 17 heteroatoms. The molecule has 3 aromatic rings. The van der Waals surface area contributed by atoms with Gasteiger partial charge in [-0.3, -0.25) is 4.90 Å². The maximum atomic E-state index is 13.9. The van der Waals surface area contributed by atoms with Crippen LogP contribution in [0.15, 0.2) is 48.8 Å². The lowest BCUT2D eigenvalue weighted by atomic mass is 9.87. The lowest BCUT2D eigenvalue weighted by Gasteiger charge is -2.44. The number of hydrogen-bond acceptors (Lipinski definition) is 6. The molecule has 0 fully saturated rings. The number of hydrogen-bond donors (Lipinski definition) is 0. The number of anilines is 2. The number of fused-ring (bicyclic) bond motifs is 1. The van der Waals surface area contributed by atoms with Gasteiger partial charge in [0.1, 0.15) is 0 Å². The highest BCUT2D eigenvalue weighted by atomic mass is 19.4. The summed E-state index contributed by atoms with van der Waals surface area (Å²) in [6.45, 7) is 8.14. The van der Waals surface area contributed by atoms with Crippen LogP contribution in [-0.4, -0.2) is 42.4 Å². The fourth-order valence-electron chi connectivity index (χ4n) is 5.39. The summed E-state index contributed by atoms with van der Waals surface area (Å²) >= 11 is 0. The molecule has 1 amide bonds. The molecule has 0 radical (unpaired) electrons. The van der Waals surface area contributed by atoms with E-state index in [2.05, 4.69) is 14.8 Å². The summed E-state index contributed by atoms with van der Waals surface area (Å²) in [7, 11) is 1.09. The SMILES string of the molecule is [C-]#[N+]CCCOc1cnc(N(Cc2cc(C(F)(F)F)cc(C(F)(F)F)c2)[C@H]2C[C@@H](CC)N(C(=O)OC)c3ccc(C(F)(F)F)cc32)nc1. The molecular weight excluding hydrogens is 661 g/mol. The number of ether oxygens (including phenoxy) is 2. The molecule has 1 aromatic heterocycles. The molecule has 2 atom stereocenters. The molecule has 2 aromatic carbocycles. The van der Waals surface area contributed by atoms with Crippen LogP contribution in [0.5, 0.6) is 5.75 Å². The largest absolute Gasteiger partial charge is 0.490 e. The van der Waals surface area contributed by atoms with Gasteiger partial charge in [0.25, 0.3) is 0 Å². The van der Waals surface area contributed by atoms with Crippen LogP contribution >= 0.6 is 0 Å². The third-order valence-electron chi connectivity index (χ3n) is 7.61. The number of methoxy groups -OCH3 is 1. The van der Waals surface area contributed by atoms with Crippen molar-refractivity contribution in [2.45, 2.75) is 63.3 Å². The van der Waals surface area contributed by atoms with Gasteiger partial charge in [0.2, 0.25) is 12.5 Å². The Balaban J connectivity index is 1.91. The van der Waals surface area contributed by atoms with Gasteiger partial charge < -0.3 is 19.2 Å². The fourth-order valence-corrected chi connectivity index (χ4v) is 5.39. The Hall–Kier alpha value is -4.75. The van der Waals surface area contributed by atoms with Crippen molar-refractivity contribution in [1.82, 2.24) is 9.97 Å². The van der Waals surface area contributed by atoms with E-state index in [1.807, 2.05) is 0 Å². The van der Waals surface area contributed by atoms with Gasteiger partial charge in [-0.1, -0.05) is 6.92 Å². The molecule has 0 bridgehead atoms. The van der Waals surface area contributed by atoms with Crippen molar-refractivity contribution in [1.29, 1.82) is 0 Å². The smallest absolute Gasteiger partial charge is 0.416 e. The van der Waals surface area contributed by atoms with E-state index in [9.17, 15) is 44.3 Å². The van der Waals surface area contributed by atoms with Gasteiger partial charge in [-0.2, -0.15) is 39.5 Å². The Morgan fingerprint density at radius 1 is 0.958 bits per heavy atom. The first-order valence-corrected chi connectivity index (χ1v) is 14.4. The second-order valence-corrected chi connectivity index (χ2v) is 10.8. The van der Waals surface area contributed by atoms with Gasteiger partial charge in [0.05, 0.1) is 61.0 Å². The van der Waals surface area contributed by atoms with Crippen molar-refractivity contribution in [3.05, 3.63) is 88.0 Å². The van der Waals surface area contributed by atoms with E-state index in [1.165, 1.54) is 17.3 Å². The minimum atomic E-state index is -5.16. The number of nitrogens with zero attached hydrogens (tertiary/aromatic N) is 5. The fraction of sp³-hybridized carbons (Fsp3) is 0.419. The van der Waals surface area contributed by atoms with Crippen molar-refractivity contribution < 1.29 is 53.8 Å². The molecular formula is C31H28F9N5O3. The summed E-state index contributed by atoms with van der Waals surface area (Å²) in [6, 6.07) is 1.71. The molecule has 2 heterocycles. The molecule has 0 unspecified atom stereocenters. The first-order chi connectivity index (χ1) is 22.5. The zero-order valence-corrected chi connectivity index (χ0v) is 25.4. The predicted octanol–water partition coefficient (Wildman–Crippen LogP) is 8.72. The van der Waals surface area contributed by atoms with Crippen molar-refractivity contribution in [2.75, 3.05) is 30.1 Å². The average Bonchev–Trinajstić information content (AvgIpc) is 3.03. The maximum absolute atomic E-state index is 13.9. The van der Waals surface area contributed by atoms with Crippen LogP contribution in [0, 0.1) is 6.57 Å². The molecule has 48 heavy (non-hydrogen) atoms. The number of benzene rings is 2. The summed E-state index contributed by atoms with van der Waals surface area (Å²) in [5.41, 5.74) is -4.84. The second-order valence-electron chi connectivity index (χ2n) is 10.8. The molecule has 1 aliphatic heterocycles. The van der Waals surface area contributed by atoms with Gasteiger partial charge in [-0.05, 0) is 60.4 Å². The molecule has 258 valence electrons. The molecule has 4 rings (SSSR count). The van der Waals surface area contributed by atoms with Crippen LogP contribution in [-0.2, 0) is 29.8 Å². The first-order valence-electron chi connectivity index (χ1n) is 14.4. The van der Waals surface area contributed by atoms with Crippen LogP contribution in [0.2, 0.25) is 0 Å². The van der Waals surface area contributed by atoms with E-state index < -0.39 is 65.5 Å². The maximum Gasteiger partial charge on any atom is 0.416 e. The van der Waals surface area contributed by atoms with Gasteiger partial charge in [-0.25, -0.2) is 21.3 Å². The minimum absolute atomic E-state index is 0.00253. The van der Waals surface area contributed by atoms with E-state index in [0.29, 0.717) is 18.6 Å². The Morgan fingerprint density at radius 2 is 1.56 bits per heavy atom. The lowest BCUT2D eigenvalue weighted by Crippen LogP contribution is -2.48. The first kappa shape index (κ1) is 36.1. The number of rotatable bonds is 9. The molecule has 1 aliphatic rings. The van der Waals surface area contributed by atoms with Gasteiger partial charge in [-0.15, -0.1) is 0 Å². The summed E-state index contributed by atoms with van der Waals surface area (Å²) in [5, 5.41) is 0. The number of alkyl halides is 9. The standard InChI is InChI=1S/C31H28F9N5O3/c1-4-22-14-26(24-13-19(29(32,33)34)6-7-25(24)45(22)28(46)47-3)44(27-42-15-23(16-43-27)48-9-5-8-41-2)17-18-10-20(30(35,36)37)12-21(11-18)31(38,39)40/h6-7,10-13,15-16,22,26H,4-5,8-9,14,17H2,1,3H3/t22-,26+/m1/s1. The van der Waals surface area contributed by atoms with Gasteiger partial charge in [0.15, 0.2) is 5.75 Å². The Kier molecular flexibility index (Phi) is 10.6. The number of carbonyl (C=O) groups excluding carboxylic acids is 1. The topological polar surface area (TPSA) is 72.2 Å². The van der Waals surface area contributed by atoms with Crippen molar-refractivity contribution >= 4 is 17.7 Å². The van der Waals surface area contributed by atoms with Crippen molar-refractivity contribution in [3.63, 3.8) is 0 Å². The molecule has 8 nitrogen and oxygen atoms in total. The number of aromatic nitrogens is 2. The zero-order valence-electron chi connectivity index (χ0n) is 25.4. The average molecular weight is 690 g/mol. The molecule has 0 spiro atoms. The Labute approximate surface area is 268 Å². The third-order valence-corrected chi connectivity index (χ3v) is 7.61. The third kappa shape index (κ3) is 8.20. The van der Waals surface area contributed by atoms with Crippen LogP contribution in [0.25, 0.3) is 4.85 Å². The van der Waals surface area contributed by atoms with Crippen LogP contribution in [0.4, 0.5) is 55.9 Å². The van der Waals surface area contributed by atoms with E-state index in [0.717, 1.165) is 30.2 Å². The predicted molar refractivity (Wildman–Crippen MR) is 154 cm³/mol. The number of halogens is 9. The van der Waals surface area contributed by atoms with Gasteiger partial charge in [0, 0.05) is 12.6 Å². The van der Waals surface area contributed by atoms with E-state index in [-0.39, 0.29) is 55.0 Å². The number of carbonyl (C=O) groups is 1. The monoisotopic (exact) mass is 689 g/mol. The van der Waals surface area contributed by atoms with Gasteiger partial charge >= 0.3 is 24.6 Å². The normalized spacial score (nSPS) is 16.6. The highest BCUT2D eigenvalue weighted by Crippen LogP contribution is 2.46. The molecule has 0 saturated carbocycles. The summed E-state index contributed by atoms with van der Waals surface area (Å²) < 4.78 is 135. The zero-order chi connectivity index (χ0) is 35.4. The number of amides is 1. The lowest BCUT2D eigenvalue weighted by molar-refractivity contribution is -0.143. The quantitative estimate of drug-likeness (QED) is 0.127. The highest BCUT2D eigenvalue weighted by Gasteiger charge is 2.42. The second kappa shape index (κ2) is 14.2. The molecule has 0 saturated heterocycles. The van der Waals surface area contributed by atoms with Crippen LogP contribution in [0.1, 0.15) is 60.0 Å². The Bertz CT molecular complexity index is 1600. The van der Waals surface area contributed by atoms with E-state index in [4.69, 9.17) is 16.0 Å². The molecule has 0 aliphatic carbocycles. The van der Waals surface area contributed by atoms with E-state index in [1.54, 1.807) is 6.92 Å². The minimum Gasteiger partial charge on any atom is -0.490 e. The van der Waals surface area contributed by atoms with Crippen molar-refractivity contribution in [3.8, 4) is 5.75 Å². The van der Waals surface area contributed by atoms with Crippen LogP contribution in [0.3, 0.4) is 0 Å². The highest BCUT2D eigenvalue weighted by molar-refractivity contribution is 5.90. The van der Waals surface area contributed by atoms with Crippen molar-refractivity contribution in [2.24, 2.45) is 0 Å². The summed E-state index contributed by atoms with van der Waals surface area (Å²) in [5.74, 6) is -0.113. The van der Waals surface area contributed by atoms with Crippen LogP contribution < -0.4 is 14.5 Å².